The number of methoxy groups -OCH3 is 1. The van der Waals surface area contributed by atoms with E-state index in [9.17, 15) is 9.59 Å². The van der Waals surface area contributed by atoms with Crippen LogP contribution in [0.5, 0.6) is 0 Å². The maximum absolute atomic E-state index is 13.4. The van der Waals surface area contributed by atoms with Gasteiger partial charge in [-0.05, 0) is 54.3 Å². The fourth-order valence-corrected chi connectivity index (χ4v) is 3.80. The van der Waals surface area contributed by atoms with Crippen molar-refractivity contribution < 1.29 is 14.3 Å². The Bertz CT molecular complexity index is 874. The lowest BCUT2D eigenvalue weighted by Crippen LogP contribution is -2.37. The van der Waals surface area contributed by atoms with Crippen LogP contribution in [0.15, 0.2) is 53.1 Å². The van der Waals surface area contributed by atoms with Crippen molar-refractivity contribution in [3.63, 3.8) is 0 Å². The van der Waals surface area contributed by atoms with Gasteiger partial charge in [0.2, 0.25) is 5.91 Å². The number of carbonyl (C=O) groups excluding carboxylic acids is 2. The molecule has 0 spiro atoms. The Morgan fingerprint density at radius 2 is 1.90 bits per heavy atom. The number of carbonyl (C=O) groups is 2. The Hall–Kier alpha value is -2.47. The largest absolute Gasteiger partial charge is 0.466 e. The van der Waals surface area contributed by atoms with Crippen LogP contribution >= 0.6 is 15.9 Å². The molecule has 3 rings (SSSR count). The molecular weight excluding hydrogens is 432 g/mol. The lowest BCUT2D eigenvalue weighted by atomic mass is 9.88. The van der Waals surface area contributed by atoms with Crippen molar-refractivity contribution in [3.05, 3.63) is 64.3 Å². The van der Waals surface area contributed by atoms with Crippen LogP contribution in [0.1, 0.15) is 43.2 Å². The number of ether oxygens (including phenoxy) is 1. The number of pyridine rings is 1. The van der Waals surface area contributed by atoms with Gasteiger partial charge in [-0.1, -0.05) is 47.3 Å². The highest BCUT2D eigenvalue weighted by molar-refractivity contribution is 9.10. The van der Waals surface area contributed by atoms with Gasteiger partial charge in [0.1, 0.15) is 5.82 Å². The molecule has 2 aromatic rings. The average molecular weight is 457 g/mol. The fourth-order valence-electron chi connectivity index (χ4n) is 3.53. The zero-order valence-corrected chi connectivity index (χ0v) is 18.1. The molecule has 0 saturated heterocycles. The van der Waals surface area contributed by atoms with Gasteiger partial charge in [-0.3, -0.25) is 9.69 Å². The van der Waals surface area contributed by atoms with E-state index in [0.29, 0.717) is 12.4 Å². The third-order valence-corrected chi connectivity index (χ3v) is 5.66. The highest BCUT2D eigenvalue weighted by atomic mass is 79.9. The van der Waals surface area contributed by atoms with E-state index in [1.165, 1.54) is 19.6 Å². The number of anilines is 1. The molecular formula is C23H25BrN2O3. The molecule has 1 aliphatic carbocycles. The van der Waals surface area contributed by atoms with Crippen molar-refractivity contribution >= 4 is 39.7 Å². The van der Waals surface area contributed by atoms with Crippen LogP contribution in [-0.2, 0) is 20.9 Å². The summed E-state index contributed by atoms with van der Waals surface area (Å²) in [5, 5.41) is 0. The molecule has 29 heavy (non-hydrogen) atoms. The van der Waals surface area contributed by atoms with Crippen LogP contribution < -0.4 is 4.90 Å². The van der Waals surface area contributed by atoms with Crippen LogP contribution in [0.4, 0.5) is 5.82 Å². The van der Waals surface area contributed by atoms with Crippen LogP contribution in [0, 0.1) is 5.92 Å². The number of benzene rings is 1. The maximum atomic E-state index is 13.4. The number of aromatic nitrogens is 1. The van der Waals surface area contributed by atoms with E-state index in [4.69, 9.17) is 0 Å². The van der Waals surface area contributed by atoms with Crippen LogP contribution in [-0.4, -0.2) is 24.0 Å². The van der Waals surface area contributed by atoms with Crippen molar-refractivity contribution in [1.29, 1.82) is 0 Å². The van der Waals surface area contributed by atoms with Crippen LogP contribution in [0.2, 0.25) is 0 Å². The zero-order chi connectivity index (χ0) is 20.6. The molecule has 152 valence electrons. The van der Waals surface area contributed by atoms with Gasteiger partial charge in [-0.25, -0.2) is 9.78 Å². The second-order valence-electron chi connectivity index (χ2n) is 7.19. The third kappa shape index (κ3) is 6.00. The number of halogens is 1. The molecule has 6 heteroatoms. The fraction of sp³-hybridized carbons (Fsp3) is 0.348. The van der Waals surface area contributed by atoms with Gasteiger partial charge < -0.3 is 4.74 Å². The number of amides is 1. The minimum Gasteiger partial charge on any atom is -0.466 e. The number of hydrogen-bond donors (Lipinski definition) is 0. The summed E-state index contributed by atoms with van der Waals surface area (Å²) < 4.78 is 5.65. The first kappa shape index (κ1) is 21.2. The predicted octanol–water partition coefficient (Wildman–Crippen LogP) is 5.14. The highest BCUT2D eigenvalue weighted by Gasteiger charge is 2.27. The standard InChI is InChI=1S/C23H25BrN2O3/c1-29-22(27)12-9-17-13-14-25-21(15-17)26(16-18-7-10-20(24)11-8-18)23(28)19-5-3-2-4-6-19/h7-15,19H,2-6,16H2,1H3. The maximum Gasteiger partial charge on any atom is 0.330 e. The van der Waals surface area contributed by atoms with E-state index < -0.39 is 5.97 Å². The van der Waals surface area contributed by atoms with E-state index in [1.807, 2.05) is 30.3 Å². The Morgan fingerprint density at radius 1 is 1.17 bits per heavy atom. The summed E-state index contributed by atoms with van der Waals surface area (Å²) in [5.41, 5.74) is 1.83. The van der Waals surface area contributed by atoms with Crippen molar-refractivity contribution in [3.8, 4) is 0 Å². The topological polar surface area (TPSA) is 59.5 Å². The first-order valence-corrected chi connectivity index (χ1v) is 10.6. The first-order valence-electron chi connectivity index (χ1n) is 9.84. The van der Waals surface area contributed by atoms with Gasteiger partial charge in [-0.2, -0.15) is 0 Å². The number of nitrogens with zero attached hydrogens (tertiary/aromatic N) is 2. The van der Waals surface area contributed by atoms with Gasteiger partial charge in [0.05, 0.1) is 13.7 Å². The second kappa shape index (κ2) is 10.3. The molecule has 1 aliphatic rings. The Labute approximate surface area is 179 Å². The molecule has 0 N–H and O–H groups in total. The molecule has 0 bridgehead atoms. The summed E-state index contributed by atoms with van der Waals surface area (Å²) in [4.78, 5) is 31.0. The van der Waals surface area contributed by atoms with Gasteiger partial charge in [0.25, 0.3) is 0 Å². The molecule has 0 unspecified atom stereocenters. The van der Waals surface area contributed by atoms with Gasteiger partial charge >= 0.3 is 5.97 Å². The van der Waals surface area contributed by atoms with Crippen LogP contribution in [0.25, 0.3) is 6.08 Å². The van der Waals surface area contributed by atoms with Gasteiger partial charge in [0.15, 0.2) is 0 Å². The lowest BCUT2D eigenvalue weighted by molar-refractivity contribution is -0.134. The molecule has 0 atom stereocenters. The van der Waals surface area contributed by atoms with E-state index in [1.54, 1.807) is 23.2 Å². The Morgan fingerprint density at radius 3 is 2.59 bits per heavy atom. The summed E-state index contributed by atoms with van der Waals surface area (Å²) >= 11 is 3.45. The van der Waals surface area contributed by atoms with E-state index >= 15 is 0 Å². The molecule has 5 nitrogen and oxygen atoms in total. The monoisotopic (exact) mass is 456 g/mol. The van der Waals surface area contributed by atoms with Gasteiger partial charge in [-0.15, -0.1) is 0 Å². The van der Waals surface area contributed by atoms with E-state index in [0.717, 1.165) is 41.3 Å². The minimum atomic E-state index is -0.423. The summed E-state index contributed by atoms with van der Waals surface area (Å²) in [5.74, 6) is 0.327. The molecule has 1 aromatic heterocycles. The summed E-state index contributed by atoms with van der Waals surface area (Å²) in [7, 11) is 1.34. The van der Waals surface area contributed by atoms with E-state index in [-0.39, 0.29) is 11.8 Å². The number of hydrogen-bond acceptors (Lipinski definition) is 4. The highest BCUT2D eigenvalue weighted by Crippen LogP contribution is 2.28. The zero-order valence-electron chi connectivity index (χ0n) is 16.5. The van der Waals surface area contributed by atoms with Crippen molar-refractivity contribution in [2.24, 2.45) is 5.92 Å². The molecule has 0 radical (unpaired) electrons. The molecule has 1 heterocycles. The van der Waals surface area contributed by atoms with Crippen molar-refractivity contribution in [1.82, 2.24) is 4.98 Å². The third-order valence-electron chi connectivity index (χ3n) is 5.13. The normalized spacial score (nSPS) is 14.7. The molecule has 1 aromatic carbocycles. The van der Waals surface area contributed by atoms with Gasteiger partial charge in [0, 0.05) is 22.7 Å². The van der Waals surface area contributed by atoms with E-state index in [2.05, 4.69) is 25.7 Å². The van der Waals surface area contributed by atoms with Crippen molar-refractivity contribution in [2.75, 3.05) is 12.0 Å². The predicted molar refractivity (Wildman–Crippen MR) is 117 cm³/mol. The minimum absolute atomic E-state index is 0.0373. The van der Waals surface area contributed by atoms with Crippen molar-refractivity contribution in [2.45, 2.75) is 38.6 Å². The summed E-state index contributed by atoms with van der Waals surface area (Å²) in [6, 6.07) is 11.6. The summed E-state index contributed by atoms with van der Waals surface area (Å²) in [6.07, 6.45) is 9.93. The summed E-state index contributed by atoms with van der Waals surface area (Å²) in [6.45, 7) is 0.458. The quantitative estimate of drug-likeness (QED) is 0.445. The smallest absolute Gasteiger partial charge is 0.330 e. The Kier molecular flexibility index (Phi) is 7.58. The lowest BCUT2D eigenvalue weighted by Gasteiger charge is -2.29. The molecule has 1 saturated carbocycles. The second-order valence-corrected chi connectivity index (χ2v) is 8.11. The molecule has 1 amide bonds. The average Bonchev–Trinajstić information content (AvgIpc) is 2.77. The first-order chi connectivity index (χ1) is 14.1. The Balaban J connectivity index is 1.89. The number of esters is 1. The molecule has 0 aliphatic heterocycles. The van der Waals surface area contributed by atoms with Crippen LogP contribution in [0.3, 0.4) is 0 Å². The molecule has 1 fully saturated rings. The SMILES string of the molecule is COC(=O)C=Cc1ccnc(N(Cc2ccc(Br)cc2)C(=O)C2CCCCC2)c1. The number of rotatable bonds is 6.